The summed E-state index contributed by atoms with van der Waals surface area (Å²) < 4.78 is 0. The van der Waals surface area contributed by atoms with Gasteiger partial charge >= 0.3 is 5.97 Å². The minimum atomic E-state index is -0.782. The van der Waals surface area contributed by atoms with E-state index >= 15 is 0 Å². The summed E-state index contributed by atoms with van der Waals surface area (Å²) in [5, 5.41) is 8.85. The molecule has 3 nitrogen and oxygen atoms in total. The molecule has 1 rings (SSSR count). The zero-order valence-corrected chi connectivity index (χ0v) is 11.3. The van der Waals surface area contributed by atoms with Crippen molar-refractivity contribution in [1.82, 2.24) is 4.90 Å². The quantitative estimate of drug-likeness (QED) is 0.750. The van der Waals surface area contributed by atoms with Gasteiger partial charge in [-0.2, -0.15) is 0 Å². The molecular formula is C14H25NO2. The number of aliphatic carboxylic acids is 1. The average Bonchev–Trinajstić information content (AvgIpc) is 2.32. The molecule has 0 heterocycles. The molecule has 1 saturated carbocycles. The molecule has 0 aliphatic heterocycles. The first kappa shape index (κ1) is 14.2. The van der Waals surface area contributed by atoms with Crippen molar-refractivity contribution < 1.29 is 9.90 Å². The Labute approximate surface area is 105 Å². The van der Waals surface area contributed by atoms with E-state index in [-0.39, 0.29) is 0 Å². The maximum Gasteiger partial charge on any atom is 0.330 e. The van der Waals surface area contributed by atoms with Gasteiger partial charge in [0.15, 0.2) is 0 Å². The molecule has 0 radical (unpaired) electrons. The average molecular weight is 239 g/mol. The van der Waals surface area contributed by atoms with Crippen LogP contribution in [0.5, 0.6) is 0 Å². The zero-order valence-electron chi connectivity index (χ0n) is 11.3. The fourth-order valence-corrected chi connectivity index (χ4v) is 2.80. The van der Waals surface area contributed by atoms with Crippen molar-refractivity contribution in [3.63, 3.8) is 0 Å². The van der Waals surface area contributed by atoms with Crippen molar-refractivity contribution in [3.8, 4) is 0 Å². The van der Waals surface area contributed by atoms with Gasteiger partial charge in [0.2, 0.25) is 0 Å². The smallest absolute Gasteiger partial charge is 0.330 e. The topological polar surface area (TPSA) is 40.5 Å². The summed E-state index contributed by atoms with van der Waals surface area (Å²) in [7, 11) is 0. The summed E-state index contributed by atoms with van der Waals surface area (Å²) >= 11 is 0. The Balaban J connectivity index is 2.45. The predicted octanol–water partition coefficient (Wildman–Crippen LogP) is 2.92. The van der Waals surface area contributed by atoms with Gasteiger partial charge in [0.1, 0.15) is 0 Å². The van der Waals surface area contributed by atoms with Crippen LogP contribution in [0.1, 0.15) is 46.5 Å². The highest BCUT2D eigenvalue weighted by Crippen LogP contribution is 2.29. The summed E-state index contributed by atoms with van der Waals surface area (Å²) in [6.45, 7) is 8.36. The number of carbonyl (C=O) groups is 1. The lowest BCUT2D eigenvalue weighted by Crippen LogP contribution is -2.37. The molecule has 17 heavy (non-hydrogen) atoms. The van der Waals surface area contributed by atoms with Crippen molar-refractivity contribution >= 4 is 5.97 Å². The van der Waals surface area contributed by atoms with Crippen molar-refractivity contribution in [2.75, 3.05) is 13.1 Å². The largest absolute Gasteiger partial charge is 0.478 e. The first-order valence-electron chi connectivity index (χ1n) is 6.74. The Morgan fingerprint density at radius 1 is 1.24 bits per heavy atom. The Hall–Kier alpha value is -0.830. The van der Waals surface area contributed by atoms with E-state index in [1.165, 1.54) is 12.8 Å². The van der Waals surface area contributed by atoms with Crippen LogP contribution in [-0.4, -0.2) is 35.1 Å². The Bertz CT molecular complexity index is 274. The number of carboxylic acids is 1. The molecule has 0 aromatic rings. The molecule has 0 atom stereocenters. The Kier molecular flexibility index (Phi) is 5.69. The van der Waals surface area contributed by atoms with Gasteiger partial charge in [-0.3, -0.25) is 0 Å². The van der Waals surface area contributed by atoms with E-state index in [4.69, 9.17) is 5.11 Å². The molecule has 1 aliphatic rings. The van der Waals surface area contributed by atoms with E-state index in [2.05, 4.69) is 18.7 Å². The van der Waals surface area contributed by atoms with Gasteiger partial charge < -0.3 is 10.0 Å². The molecule has 0 saturated heterocycles. The van der Waals surface area contributed by atoms with E-state index in [1.54, 1.807) is 6.92 Å². The van der Waals surface area contributed by atoms with Crippen molar-refractivity contribution in [3.05, 3.63) is 11.6 Å². The summed E-state index contributed by atoms with van der Waals surface area (Å²) in [6, 6.07) is 0.708. The number of rotatable bonds is 5. The highest BCUT2D eigenvalue weighted by Gasteiger charge is 2.23. The van der Waals surface area contributed by atoms with Crippen LogP contribution in [0.4, 0.5) is 0 Å². The van der Waals surface area contributed by atoms with Crippen LogP contribution in [0.15, 0.2) is 11.6 Å². The molecule has 1 N–H and O–H groups in total. The standard InChI is InChI=1S/C14H25NO2/c1-4-15(5-2)13-8-6-12(7-9-13)10-11(3)14(16)17/h10,12-13H,4-9H2,1-3H3,(H,16,17)/b11-10+. The van der Waals surface area contributed by atoms with E-state index in [0.717, 1.165) is 25.9 Å². The molecule has 3 heteroatoms. The highest BCUT2D eigenvalue weighted by molar-refractivity contribution is 5.85. The molecule has 0 unspecified atom stereocenters. The molecule has 0 aromatic carbocycles. The summed E-state index contributed by atoms with van der Waals surface area (Å²) in [4.78, 5) is 13.3. The van der Waals surface area contributed by atoms with Crippen molar-refractivity contribution in [1.29, 1.82) is 0 Å². The maximum atomic E-state index is 10.8. The van der Waals surface area contributed by atoms with E-state index in [9.17, 15) is 4.79 Å². The lowest BCUT2D eigenvalue weighted by Gasteiger charge is -2.35. The summed E-state index contributed by atoms with van der Waals surface area (Å²) in [5.74, 6) is -0.311. The van der Waals surface area contributed by atoms with Crippen LogP contribution >= 0.6 is 0 Å². The first-order valence-corrected chi connectivity index (χ1v) is 6.74. The van der Waals surface area contributed by atoms with Crippen LogP contribution in [0.2, 0.25) is 0 Å². The molecule has 1 aliphatic carbocycles. The van der Waals surface area contributed by atoms with E-state index in [1.807, 2.05) is 6.08 Å². The zero-order chi connectivity index (χ0) is 12.8. The van der Waals surface area contributed by atoms with Gasteiger partial charge in [0.05, 0.1) is 0 Å². The minimum absolute atomic E-state index is 0.470. The van der Waals surface area contributed by atoms with Crippen LogP contribution in [0, 0.1) is 5.92 Å². The minimum Gasteiger partial charge on any atom is -0.478 e. The van der Waals surface area contributed by atoms with Crippen LogP contribution in [0.25, 0.3) is 0 Å². The second-order valence-corrected chi connectivity index (χ2v) is 4.94. The van der Waals surface area contributed by atoms with Crippen LogP contribution in [-0.2, 0) is 4.79 Å². The lowest BCUT2D eigenvalue weighted by molar-refractivity contribution is -0.132. The van der Waals surface area contributed by atoms with Crippen molar-refractivity contribution in [2.45, 2.75) is 52.5 Å². The van der Waals surface area contributed by atoms with Gasteiger partial charge in [-0.05, 0) is 51.6 Å². The monoisotopic (exact) mass is 239 g/mol. The molecule has 98 valence electrons. The molecule has 1 fully saturated rings. The number of nitrogens with zero attached hydrogens (tertiary/aromatic N) is 1. The fourth-order valence-electron chi connectivity index (χ4n) is 2.80. The summed E-state index contributed by atoms with van der Waals surface area (Å²) in [6.07, 6.45) is 6.61. The number of hydrogen-bond acceptors (Lipinski definition) is 2. The third-order valence-electron chi connectivity index (χ3n) is 3.89. The molecule has 0 aromatic heterocycles. The first-order chi connectivity index (χ1) is 8.08. The Morgan fingerprint density at radius 2 is 1.76 bits per heavy atom. The van der Waals surface area contributed by atoms with E-state index in [0.29, 0.717) is 17.5 Å². The van der Waals surface area contributed by atoms with Gasteiger partial charge in [0.25, 0.3) is 0 Å². The molecular weight excluding hydrogens is 214 g/mol. The number of hydrogen-bond donors (Lipinski definition) is 1. The maximum absolute atomic E-state index is 10.8. The second kappa shape index (κ2) is 6.80. The fraction of sp³-hybridized carbons (Fsp3) is 0.786. The van der Waals surface area contributed by atoms with Gasteiger partial charge in [-0.1, -0.05) is 19.9 Å². The third kappa shape index (κ3) is 4.15. The van der Waals surface area contributed by atoms with Crippen molar-refractivity contribution in [2.24, 2.45) is 5.92 Å². The Morgan fingerprint density at radius 3 is 2.18 bits per heavy atom. The number of carboxylic acid groups (broad SMARTS) is 1. The van der Waals surface area contributed by atoms with Crippen LogP contribution in [0.3, 0.4) is 0 Å². The van der Waals surface area contributed by atoms with Crippen LogP contribution < -0.4 is 0 Å². The second-order valence-electron chi connectivity index (χ2n) is 4.94. The van der Waals surface area contributed by atoms with Gasteiger partial charge in [-0.15, -0.1) is 0 Å². The molecule has 0 amide bonds. The molecule has 0 bridgehead atoms. The normalized spacial score (nSPS) is 26.2. The van der Waals surface area contributed by atoms with Gasteiger partial charge in [-0.25, -0.2) is 4.79 Å². The van der Waals surface area contributed by atoms with Gasteiger partial charge in [0, 0.05) is 11.6 Å². The SMILES string of the molecule is CCN(CC)C1CCC(/C=C(\C)C(=O)O)CC1. The van der Waals surface area contributed by atoms with E-state index < -0.39 is 5.97 Å². The predicted molar refractivity (Wildman–Crippen MR) is 70.1 cm³/mol. The third-order valence-corrected chi connectivity index (χ3v) is 3.89. The highest BCUT2D eigenvalue weighted by atomic mass is 16.4. The molecule has 0 spiro atoms. The lowest BCUT2D eigenvalue weighted by atomic mass is 9.84. The number of allylic oxidation sites excluding steroid dienone is 1. The summed E-state index contributed by atoms with van der Waals surface area (Å²) in [5.41, 5.74) is 0.497.